The van der Waals surface area contributed by atoms with Gasteiger partial charge in [0.15, 0.2) is 5.82 Å². The fraction of sp³-hybridized carbons (Fsp3) is 0.167. The van der Waals surface area contributed by atoms with E-state index in [-0.39, 0.29) is 0 Å². The molecule has 2 N–H and O–H groups in total. The average Bonchev–Trinajstić information content (AvgIpc) is 2.01. The van der Waals surface area contributed by atoms with Crippen LogP contribution in [0.25, 0.3) is 0 Å². The van der Waals surface area contributed by atoms with Crippen molar-refractivity contribution in [1.82, 2.24) is 4.98 Å². The second-order valence-electron chi connectivity index (χ2n) is 2.38. The molecule has 0 aromatic carbocycles. The minimum atomic E-state index is -4.38. The molecule has 0 fully saturated rings. The quantitative estimate of drug-likeness (QED) is 0.810. The van der Waals surface area contributed by atoms with Gasteiger partial charge in [0.1, 0.15) is 4.90 Å². The number of primary sulfonamides is 1. The van der Waals surface area contributed by atoms with Crippen LogP contribution in [0, 0.1) is 5.82 Å². The molecule has 14 heavy (non-hydrogen) atoms. The Labute approximate surface area is 77.6 Å². The summed E-state index contributed by atoms with van der Waals surface area (Å²) in [6.07, 6.45) is -2.18. The Balaban J connectivity index is 3.52. The van der Waals surface area contributed by atoms with E-state index in [0.717, 1.165) is 0 Å². The molecule has 1 heterocycles. The minimum Gasteiger partial charge on any atom is -0.260 e. The Morgan fingerprint density at radius 1 is 1.36 bits per heavy atom. The van der Waals surface area contributed by atoms with Crippen LogP contribution in [-0.2, 0) is 10.0 Å². The predicted molar refractivity (Wildman–Crippen MR) is 40.5 cm³/mol. The Bertz CT molecular complexity index is 446. The SMILES string of the molecule is NS(=O)(=O)c1cncc(F)c1C(F)F. The van der Waals surface area contributed by atoms with E-state index < -0.39 is 32.7 Å². The van der Waals surface area contributed by atoms with Crippen LogP contribution in [0.3, 0.4) is 0 Å². The molecule has 1 rings (SSSR count). The largest absolute Gasteiger partial charge is 0.268 e. The molecule has 0 aliphatic carbocycles. The summed E-state index contributed by atoms with van der Waals surface area (Å²) in [6.45, 7) is 0. The molecule has 0 saturated heterocycles. The van der Waals surface area contributed by atoms with Crippen molar-refractivity contribution in [2.45, 2.75) is 11.3 Å². The molecule has 0 saturated carbocycles. The topological polar surface area (TPSA) is 73.1 Å². The molecule has 0 atom stereocenters. The van der Waals surface area contributed by atoms with Crippen molar-refractivity contribution >= 4 is 10.0 Å². The minimum absolute atomic E-state index is 0.496. The van der Waals surface area contributed by atoms with Crippen molar-refractivity contribution in [3.05, 3.63) is 23.8 Å². The van der Waals surface area contributed by atoms with Crippen LogP contribution in [0.2, 0.25) is 0 Å². The maximum Gasteiger partial charge on any atom is 0.268 e. The van der Waals surface area contributed by atoms with E-state index in [1.807, 2.05) is 0 Å². The number of alkyl halides is 2. The summed E-state index contributed by atoms with van der Waals surface area (Å²) >= 11 is 0. The Morgan fingerprint density at radius 2 is 1.93 bits per heavy atom. The van der Waals surface area contributed by atoms with E-state index in [0.29, 0.717) is 12.4 Å². The number of rotatable bonds is 2. The summed E-state index contributed by atoms with van der Waals surface area (Å²) in [5.74, 6) is -1.40. The van der Waals surface area contributed by atoms with Gasteiger partial charge in [0.2, 0.25) is 10.0 Å². The maximum atomic E-state index is 12.8. The lowest BCUT2D eigenvalue weighted by molar-refractivity contribution is 0.142. The normalized spacial score (nSPS) is 12.1. The number of hydrogen-bond donors (Lipinski definition) is 1. The fourth-order valence-corrected chi connectivity index (χ4v) is 1.57. The van der Waals surface area contributed by atoms with Gasteiger partial charge in [-0.15, -0.1) is 0 Å². The molecule has 0 amide bonds. The van der Waals surface area contributed by atoms with Crippen molar-refractivity contribution in [3.63, 3.8) is 0 Å². The lowest BCUT2D eigenvalue weighted by Crippen LogP contribution is -2.16. The van der Waals surface area contributed by atoms with Crippen molar-refractivity contribution in [3.8, 4) is 0 Å². The smallest absolute Gasteiger partial charge is 0.260 e. The van der Waals surface area contributed by atoms with Gasteiger partial charge in [-0.1, -0.05) is 0 Å². The monoisotopic (exact) mass is 226 g/mol. The van der Waals surface area contributed by atoms with Crippen molar-refractivity contribution < 1.29 is 21.6 Å². The maximum absolute atomic E-state index is 12.8. The standard InChI is InChI=1S/C6H5F3N2O2S/c7-3-1-11-2-4(14(10,12)13)5(3)6(8)9/h1-2,6H,(H2,10,12,13). The number of nitrogens with two attached hydrogens (primary N) is 1. The van der Waals surface area contributed by atoms with Crippen LogP contribution in [0.4, 0.5) is 13.2 Å². The van der Waals surface area contributed by atoms with Gasteiger partial charge in [0.05, 0.1) is 11.8 Å². The third kappa shape index (κ3) is 2.02. The zero-order chi connectivity index (χ0) is 10.9. The van der Waals surface area contributed by atoms with Crippen LogP contribution in [0.5, 0.6) is 0 Å². The molecular weight excluding hydrogens is 221 g/mol. The third-order valence-electron chi connectivity index (χ3n) is 1.43. The summed E-state index contributed by atoms with van der Waals surface area (Å²) < 4.78 is 58.7. The average molecular weight is 226 g/mol. The first kappa shape index (κ1) is 10.9. The van der Waals surface area contributed by atoms with Gasteiger partial charge in [0.25, 0.3) is 6.43 Å². The zero-order valence-corrected chi connectivity index (χ0v) is 7.43. The number of nitrogens with zero attached hydrogens (tertiary/aromatic N) is 1. The van der Waals surface area contributed by atoms with Gasteiger partial charge in [0, 0.05) is 6.20 Å². The molecule has 0 unspecified atom stereocenters. The molecule has 0 radical (unpaired) electrons. The van der Waals surface area contributed by atoms with E-state index in [1.165, 1.54) is 0 Å². The molecular formula is C6H5F3N2O2S. The van der Waals surface area contributed by atoms with E-state index in [9.17, 15) is 21.6 Å². The highest BCUT2D eigenvalue weighted by molar-refractivity contribution is 7.89. The molecule has 0 spiro atoms. The second kappa shape index (κ2) is 3.54. The molecule has 1 aromatic heterocycles. The highest BCUT2D eigenvalue weighted by atomic mass is 32.2. The highest BCUT2D eigenvalue weighted by Crippen LogP contribution is 2.27. The molecule has 78 valence electrons. The van der Waals surface area contributed by atoms with E-state index >= 15 is 0 Å². The van der Waals surface area contributed by atoms with Crippen molar-refractivity contribution in [1.29, 1.82) is 0 Å². The summed E-state index contributed by atoms with van der Waals surface area (Å²) in [5, 5.41) is 4.60. The summed E-state index contributed by atoms with van der Waals surface area (Å²) in [5.41, 5.74) is -1.25. The third-order valence-corrected chi connectivity index (χ3v) is 2.37. The van der Waals surface area contributed by atoms with Crippen LogP contribution in [0.15, 0.2) is 17.3 Å². The molecule has 8 heteroatoms. The first-order valence-electron chi connectivity index (χ1n) is 3.28. The second-order valence-corrected chi connectivity index (χ2v) is 3.91. The lowest BCUT2D eigenvalue weighted by Gasteiger charge is -2.06. The van der Waals surface area contributed by atoms with Crippen LogP contribution >= 0.6 is 0 Å². The molecule has 0 aliphatic heterocycles. The van der Waals surface area contributed by atoms with Gasteiger partial charge in [-0.3, -0.25) is 4.98 Å². The van der Waals surface area contributed by atoms with Gasteiger partial charge >= 0.3 is 0 Å². The molecule has 1 aromatic rings. The zero-order valence-electron chi connectivity index (χ0n) is 6.62. The van der Waals surface area contributed by atoms with E-state index in [2.05, 4.69) is 10.1 Å². The lowest BCUT2D eigenvalue weighted by atomic mass is 10.3. The Morgan fingerprint density at radius 3 is 2.29 bits per heavy atom. The van der Waals surface area contributed by atoms with Gasteiger partial charge in [-0.2, -0.15) is 0 Å². The van der Waals surface area contributed by atoms with Gasteiger partial charge < -0.3 is 0 Å². The number of sulfonamides is 1. The summed E-state index contributed by atoms with van der Waals surface area (Å²) in [7, 11) is -4.38. The van der Waals surface area contributed by atoms with Crippen LogP contribution in [0.1, 0.15) is 12.0 Å². The number of halogens is 3. The highest BCUT2D eigenvalue weighted by Gasteiger charge is 2.24. The molecule has 4 nitrogen and oxygen atoms in total. The fourth-order valence-electron chi connectivity index (χ4n) is 0.866. The van der Waals surface area contributed by atoms with E-state index in [4.69, 9.17) is 0 Å². The van der Waals surface area contributed by atoms with Gasteiger partial charge in [-0.25, -0.2) is 26.7 Å². The number of aromatic nitrogens is 1. The first-order chi connectivity index (χ1) is 6.34. The molecule has 0 aliphatic rings. The van der Waals surface area contributed by atoms with Crippen molar-refractivity contribution in [2.75, 3.05) is 0 Å². The summed E-state index contributed by atoms with van der Waals surface area (Å²) in [4.78, 5) is 2.13. The Hall–Kier alpha value is -1.15. The van der Waals surface area contributed by atoms with E-state index in [1.54, 1.807) is 0 Å². The first-order valence-corrected chi connectivity index (χ1v) is 4.83. The predicted octanol–water partition coefficient (Wildman–Crippen LogP) is 0.806. The number of pyridine rings is 1. The van der Waals surface area contributed by atoms with Crippen LogP contribution in [-0.4, -0.2) is 13.4 Å². The number of hydrogen-bond acceptors (Lipinski definition) is 3. The summed E-state index contributed by atoms with van der Waals surface area (Å²) in [6, 6.07) is 0. The Kier molecular flexibility index (Phi) is 2.76. The van der Waals surface area contributed by atoms with Crippen molar-refractivity contribution in [2.24, 2.45) is 5.14 Å². The van der Waals surface area contributed by atoms with Gasteiger partial charge in [-0.05, 0) is 0 Å². The molecule has 0 bridgehead atoms. The van der Waals surface area contributed by atoms with Crippen LogP contribution < -0.4 is 5.14 Å².